The van der Waals surface area contributed by atoms with Gasteiger partial charge in [0.05, 0.1) is 27.8 Å². The molecule has 13 aromatic carbocycles. The van der Waals surface area contributed by atoms with Crippen LogP contribution in [0.4, 0.5) is 42.9 Å². The molecule has 82 heavy (non-hydrogen) atoms. The molecule has 2 heterocycles. The molecule has 0 bridgehead atoms. The van der Waals surface area contributed by atoms with Crippen molar-refractivity contribution in [3.8, 4) is 44.8 Å². The third kappa shape index (κ3) is 8.44. The average Bonchev–Trinajstić information content (AvgIpc) is 3.53. The van der Waals surface area contributed by atoms with Crippen LogP contribution in [0.15, 0.2) is 303 Å². The van der Waals surface area contributed by atoms with Crippen molar-refractivity contribution >= 4 is 88.5 Å². The van der Waals surface area contributed by atoms with Gasteiger partial charge in [0.2, 0.25) is 0 Å². The predicted molar refractivity (Wildman–Crippen MR) is 338 cm³/mol. The lowest BCUT2D eigenvalue weighted by Crippen LogP contribution is -2.11. The summed E-state index contributed by atoms with van der Waals surface area (Å²) in [5.74, 6) is -0.528. The molecule has 0 N–H and O–H groups in total. The van der Waals surface area contributed by atoms with Crippen LogP contribution in [0.2, 0.25) is 0 Å². The van der Waals surface area contributed by atoms with Crippen molar-refractivity contribution in [1.29, 1.82) is 0 Å². The Labute approximate surface area is 473 Å². The highest BCUT2D eigenvalue weighted by Crippen LogP contribution is 2.46. The molecule has 15 aromatic rings. The van der Waals surface area contributed by atoms with E-state index < -0.39 is 0 Å². The maximum absolute atomic E-state index is 14.3. The molecule has 6 heteroatoms. The first-order chi connectivity index (χ1) is 40.5. The number of hydrogen-bond acceptors (Lipinski definition) is 2. The molecular weight excluding hydrogens is 1010 g/mol. The highest BCUT2D eigenvalue weighted by Gasteiger charge is 2.22. The number of fused-ring (bicyclic) bond motifs is 7. The van der Waals surface area contributed by atoms with Gasteiger partial charge >= 0.3 is 0 Å². The number of para-hydroxylation sites is 2. The summed E-state index contributed by atoms with van der Waals surface area (Å²) in [6, 6.07) is 105. The van der Waals surface area contributed by atoms with Gasteiger partial charge in [0, 0.05) is 66.7 Å². The van der Waals surface area contributed by atoms with Gasteiger partial charge in [-0.05, 0) is 178 Å². The normalized spacial score (nSPS) is 11.5. The lowest BCUT2D eigenvalue weighted by molar-refractivity contribution is 0.627. The maximum Gasteiger partial charge on any atom is 0.123 e. The molecule has 0 spiro atoms. The first kappa shape index (κ1) is 48.3. The molecule has 0 radical (unpaired) electrons. The van der Waals surface area contributed by atoms with E-state index in [0.29, 0.717) is 0 Å². The van der Waals surface area contributed by atoms with Gasteiger partial charge in [0.25, 0.3) is 0 Å². The number of halogens is 2. The zero-order valence-corrected chi connectivity index (χ0v) is 44.4. The van der Waals surface area contributed by atoms with Crippen LogP contribution in [0, 0.1) is 11.6 Å². The fraction of sp³-hybridized carbons (Fsp3) is 0. The van der Waals surface area contributed by atoms with E-state index in [4.69, 9.17) is 0 Å². The average molecular weight is 1060 g/mol. The lowest BCUT2D eigenvalue weighted by Gasteiger charge is -2.28. The number of aromatic nitrogens is 2. The van der Waals surface area contributed by atoms with Gasteiger partial charge < -0.3 is 18.9 Å². The van der Waals surface area contributed by atoms with E-state index in [1.54, 1.807) is 0 Å². The summed E-state index contributed by atoms with van der Waals surface area (Å²) in [7, 11) is 0. The van der Waals surface area contributed by atoms with Crippen LogP contribution in [-0.4, -0.2) is 9.13 Å². The molecule has 388 valence electrons. The number of hydrogen-bond donors (Lipinski definition) is 0. The van der Waals surface area contributed by atoms with Gasteiger partial charge in [-0.3, -0.25) is 0 Å². The summed E-state index contributed by atoms with van der Waals surface area (Å²) in [6.07, 6.45) is 0. The van der Waals surface area contributed by atoms with Crippen LogP contribution in [0.25, 0.3) is 99.1 Å². The Bertz CT molecular complexity index is 4870. The number of anilines is 6. The highest BCUT2D eigenvalue weighted by molar-refractivity contribution is 6.13. The van der Waals surface area contributed by atoms with E-state index in [2.05, 4.69) is 274 Å². The Morgan fingerprint density at radius 3 is 1.18 bits per heavy atom. The molecule has 0 saturated heterocycles. The summed E-state index contributed by atoms with van der Waals surface area (Å²) in [5.41, 5.74) is 18.9. The molecule has 0 unspecified atom stereocenters. The largest absolute Gasteiger partial charge is 0.310 e. The van der Waals surface area contributed by atoms with Crippen molar-refractivity contribution < 1.29 is 8.78 Å². The van der Waals surface area contributed by atoms with Crippen LogP contribution in [0.3, 0.4) is 0 Å². The van der Waals surface area contributed by atoms with Gasteiger partial charge in [0.1, 0.15) is 11.6 Å². The smallest absolute Gasteiger partial charge is 0.123 e. The monoisotopic (exact) mass is 1060 g/mol. The van der Waals surface area contributed by atoms with E-state index in [0.717, 1.165) is 133 Å². The van der Waals surface area contributed by atoms with Crippen LogP contribution >= 0.6 is 0 Å². The Balaban J connectivity index is 0.868. The van der Waals surface area contributed by atoms with Crippen LogP contribution in [-0.2, 0) is 0 Å². The Kier molecular flexibility index (Phi) is 11.9. The molecule has 0 amide bonds. The summed E-state index contributed by atoms with van der Waals surface area (Å²) >= 11 is 0. The van der Waals surface area contributed by atoms with Gasteiger partial charge in [0.15, 0.2) is 0 Å². The second-order valence-electron chi connectivity index (χ2n) is 20.8. The molecule has 0 aliphatic heterocycles. The minimum atomic E-state index is -0.265. The number of benzene rings is 13. The van der Waals surface area contributed by atoms with Crippen molar-refractivity contribution in [3.05, 3.63) is 315 Å². The minimum Gasteiger partial charge on any atom is -0.310 e. The van der Waals surface area contributed by atoms with Crippen LogP contribution in [0.1, 0.15) is 0 Å². The zero-order chi connectivity index (χ0) is 54.7. The van der Waals surface area contributed by atoms with Gasteiger partial charge in [-0.15, -0.1) is 0 Å². The third-order valence-electron chi connectivity index (χ3n) is 16.0. The number of nitrogens with zero attached hydrogens (tertiary/aromatic N) is 4. The summed E-state index contributed by atoms with van der Waals surface area (Å²) < 4.78 is 33.0. The summed E-state index contributed by atoms with van der Waals surface area (Å²) in [6.45, 7) is 0. The van der Waals surface area contributed by atoms with Crippen LogP contribution < -0.4 is 9.80 Å². The van der Waals surface area contributed by atoms with Crippen molar-refractivity contribution in [2.24, 2.45) is 0 Å². The van der Waals surface area contributed by atoms with Crippen LogP contribution in [0.5, 0.6) is 0 Å². The zero-order valence-electron chi connectivity index (χ0n) is 44.4. The standard InChI is InChI=1S/C76H50F2N4/c77-56-33-39-59(40-34-56)81-73-28-9-7-23-68(73)70-49-63(43-45-75(70)81)79(61-21-11-19-54(47-61)51-15-3-1-4-16-51)58-37-31-53(32-38-58)65-25-13-27-67-66(65)26-14-30-72(67)80(62-22-12-20-55(48-62)52-17-5-2-6-18-52)64-44-46-76-71(50-64)69-24-8-10-29-74(69)82(76)60-41-35-57(78)36-42-60/h1-50H. The predicted octanol–water partition coefficient (Wildman–Crippen LogP) is 21.3. The second-order valence-corrected chi connectivity index (χ2v) is 20.8. The van der Waals surface area contributed by atoms with E-state index in [1.165, 1.54) is 24.3 Å². The molecule has 0 aliphatic carbocycles. The fourth-order valence-corrected chi connectivity index (χ4v) is 12.3. The summed E-state index contributed by atoms with van der Waals surface area (Å²) in [4.78, 5) is 4.73. The SMILES string of the molecule is Fc1ccc(-n2c3ccccc3c3cc(N(c4ccc(-c5cccc6c(N(c7cccc(-c8ccccc8)c7)c7ccc8c(c7)c7ccccc7n8-c7ccc(F)cc7)cccc56)cc4)c4cccc(-c5ccccc5)c4)ccc32)cc1. The topological polar surface area (TPSA) is 16.3 Å². The van der Waals surface area contributed by atoms with Gasteiger partial charge in [-0.25, -0.2) is 8.78 Å². The lowest BCUT2D eigenvalue weighted by atomic mass is 9.96. The molecule has 0 aliphatic rings. The molecule has 15 rings (SSSR count). The highest BCUT2D eigenvalue weighted by atomic mass is 19.1. The van der Waals surface area contributed by atoms with E-state index in [9.17, 15) is 8.78 Å². The first-order valence-electron chi connectivity index (χ1n) is 27.6. The van der Waals surface area contributed by atoms with Gasteiger partial charge in [-0.2, -0.15) is 0 Å². The minimum absolute atomic E-state index is 0.264. The summed E-state index contributed by atoms with van der Waals surface area (Å²) in [5, 5.41) is 6.66. The Hall–Kier alpha value is -10.8. The third-order valence-corrected chi connectivity index (χ3v) is 16.0. The number of rotatable bonds is 11. The van der Waals surface area contributed by atoms with Crippen molar-refractivity contribution in [2.45, 2.75) is 0 Å². The van der Waals surface area contributed by atoms with Crippen molar-refractivity contribution in [1.82, 2.24) is 9.13 Å². The molecule has 0 fully saturated rings. The molecule has 0 saturated carbocycles. The van der Waals surface area contributed by atoms with Crippen molar-refractivity contribution in [3.63, 3.8) is 0 Å². The van der Waals surface area contributed by atoms with Crippen molar-refractivity contribution in [2.75, 3.05) is 9.80 Å². The second kappa shape index (κ2) is 20.1. The first-order valence-corrected chi connectivity index (χ1v) is 27.6. The van der Waals surface area contributed by atoms with E-state index >= 15 is 0 Å². The van der Waals surface area contributed by atoms with E-state index in [1.807, 2.05) is 24.3 Å². The molecule has 2 aromatic heterocycles. The molecule has 4 nitrogen and oxygen atoms in total. The van der Waals surface area contributed by atoms with Gasteiger partial charge in [-0.1, -0.05) is 164 Å². The quantitative estimate of drug-likeness (QED) is 0.128. The molecular formula is C76H50F2N4. The molecule has 0 atom stereocenters. The Morgan fingerprint density at radius 1 is 0.232 bits per heavy atom. The Morgan fingerprint density at radius 2 is 0.634 bits per heavy atom. The maximum atomic E-state index is 14.3. The van der Waals surface area contributed by atoms with E-state index in [-0.39, 0.29) is 11.6 Å². The fourth-order valence-electron chi connectivity index (χ4n) is 12.3.